The minimum atomic E-state index is -0.459. The van der Waals surface area contributed by atoms with Crippen LogP contribution in [0.1, 0.15) is 20.8 Å². The molecule has 78 valence electrons. The van der Waals surface area contributed by atoms with Gasteiger partial charge in [0.2, 0.25) is 0 Å². The molecule has 0 saturated heterocycles. The van der Waals surface area contributed by atoms with Gasteiger partial charge >= 0.3 is 29.0 Å². The van der Waals surface area contributed by atoms with Gasteiger partial charge in [-0.05, 0) is 20.8 Å². The summed E-state index contributed by atoms with van der Waals surface area (Å²) >= 11 is 0. The quantitative estimate of drug-likeness (QED) is 0.287. The first-order chi connectivity index (χ1) is 6.00. The molecule has 1 rings (SSSR count). The van der Waals surface area contributed by atoms with Gasteiger partial charge in [-0.3, -0.25) is 4.79 Å². The van der Waals surface area contributed by atoms with Gasteiger partial charge in [0.05, 0.1) is 5.41 Å². The number of carbonyl (C=O) groups is 1. The van der Waals surface area contributed by atoms with Crippen molar-refractivity contribution in [2.24, 2.45) is 5.41 Å². The van der Waals surface area contributed by atoms with Crippen molar-refractivity contribution < 1.29 is 26.5 Å². The van der Waals surface area contributed by atoms with Gasteiger partial charge in [0, 0.05) is 5.75 Å². The molecule has 0 aliphatic rings. The molecule has 15 heavy (non-hydrogen) atoms. The summed E-state index contributed by atoms with van der Waals surface area (Å²) in [7, 11) is 0. The van der Waals surface area contributed by atoms with Crippen molar-refractivity contribution >= 4 is 29.0 Å². The van der Waals surface area contributed by atoms with Crippen LogP contribution in [0.4, 0.5) is 0 Å². The van der Waals surface area contributed by atoms with E-state index in [1.807, 2.05) is 20.8 Å². The average molecular weight is 281 g/mol. The molecule has 1 aromatic carbocycles. The van der Waals surface area contributed by atoms with E-state index in [1.165, 1.54) is 0 Å². The molecule has 4 heteroatoms. The van der Waals surface area contributed by atoms with E-state index >= 15 is 0 Å². The molecule has 2 nitrogen and oxygen atoms in total. The Bertz CT molecular complexity index is 293. The third-order valence-electron chi connectivity index (χ3n) is 1.51. The number of rotatable bonds is 1. The maximum absolute atomic E-state index is 11.4. The molecular weight excluding hydrogens is 268 g/mol. The molecule has 0 radical (unpaired) electrons. The van der Waals surface area contributed by atoms with Crippen molar-refractivity contribution in [3.63, 3.8) is 0 Å². The minimum absolute atomic E-state index is 0. The molecule has 0 amide bonds. The maximum Gasteiger partial charge on any atom is 2.00 e. The number of carbonyl (C=O) groups excluding carboxylic acids is 1. The molecule has 0 spiro atoms. The van der Waals surface area contributed by atoms with Crippen LogP contribution < -0.4 is 21.7 Å². The second-order valence-corrected chi connectivity index (χ2v) is 3.88. The molecule has 0 bridgehead atoms. The summed E-state index contributed by atoms with van der Waals surface area (Å²) in [5.41, 5.74) is -0.459. The van der Waals surface area contributed by atoms with Crippen LogP contribution in [0, 0.1) is 11.5 Å². The molecule has 0 heterocycles. The van der Waals surface area contributed by atoms with Gasteiger partial charge in [-0.25, -0.2) is 0 Å². The summed E-state index contributed by atoms with van der Waals surface area (Å²) in [4.78, 5) is 11.4. The first-order valence-electron chi connectivity index (χ1n) is 4.18. The van der Waals surface area contributed by atoms with Crippen molar-refractivity contribution in [1.29, 1.82) is 0 Å². The Labute approximate surface area is 117 Å². The number of esters is 1. The Hall–Kier alpha value is -0.0638. The van der Waals surface area contributed by atoms with E-state index < -0.39 is 5.41 Å². The average Bonchev–Trinajstić information content (AvgIpc) is 2.04. The summed E-state index contributed by atoms with van der Waals surface area (Å²) in [5.74, 6) is 0.345. The normalized spacial score (nSPS) is 9.53. The molecule has 0 aliphatic carbocycles. The molecule has 0 atom stereocenters. The maximum atomic E-state index is 11.4. The molecule has 0 fully saturated rings. The van der Waals surface area contributed by atoms with Crippen molar-refractivity contribution in [2.75, 3.05) is 0 Å². The Kier molecular flexibility index (Phi) is 8.38. The van der Waals surface area contributed by atoms with Crippen LogP contribution in [0.5, 0.6) is 5.75 Å². The van der Waals surface area contributed by atoms with E-state index in [9.17, 15) is 4.79 Å². The zero-order valence-electron chi connectivity index (χ0n) is 9.21. The van der Waals surface area contributed by atoms with Crippen LogP contribution in [0.25, 0.3) is 0 Å². The van der Waals surface area contributed by atoms with E-state index in [1.54, 1.807) is 24.3 Å². The fourth-order valence-electron chi connectivity index (χ4n) is 0.700. The van der Waals surface area contributed by atoms with Crippen molar-refractivity contribution in [3.05, 3.63) is 30.3 Å². The van der Waals surface area contributed by atoms with E-state index in [0.29, 0.717) is 5.75 Å². The minimum Gasteiger partial charge on any atom is -1.00 e. The number of ether oxygens (including phenoxy) is 1. The summed E-state index contributed by atoms with van der Waals surface area (Å²) < 4.78 is 5.12. The molecule has 1 aromatic rings. The number of hydrogen-bond donors (Lipinski definition) is 0. The summed E-state index contributed by atoms with van der Waals surface area (Å²) in [6, 6.07) is 9.70. The number of hydrogen-bond acceptors (Lipinski definition) is 2. The van der Waals surface area contributed by atoms with Crippen molar-refractivity contribution in [3.8, 4) is 5.75 Å². The van der Waals surface area contributed by atoms with E-state index in [2.05, 4.69) is 6.07 Å². The second-order valence-electron chi connectivity index (χ2n) is 3.88. The topological polar surface area (TPSA) is 26.3 Å². The van der Waals surface area contributed by atoms with Crippen LogP contribution in [-0.4, -0.2) is 29.0 Å². The first-order valence-corrected chi connectivity index (χ1v) is 4.18. The van der Waals surface area contributed by atoms with Gasteiger partial charge in [0.25, 0.3) is 0 Å². The number of benzene rings is 1. The third-order valence-corrected chi connectivity index (χ3v) is 1.51. The first kappa shape index (κ1) is 17.3. The molecule has 0 saturated carbocycles. The van der Waals surface area contributed by atoms with Gasteiger partial charge < -0.3 is 21.7 Å². The largest absolute Gasteiger partial charge is 2.00 e. The van der Waals surface area contributed by atoms with Crippen LogP contribution in [-0.2, 0) is 4.79 Å². The molecular formula is C11H13BrMgO2. The Morgan fingerprint density at radius 2 is 1.73 bits per heavy atom. The Morgan fingerprint density at radius 3 is 2.13 bits per heavy atom. The van der Waals surface area contributed by atoms with E-state index in [4.69, 9.17) is 4.74 Å². The zero-order chi connectivity index (χ0) is 9.90. The summed E-state index contributed by atoms with van der Waals surface area (Å²) in [5, 5.41) is 0. The second kappa shape index (κ2) is 7.25. The van der Waals surface area contributed by atoms with Crippen LogP contribution >= 0.6 is 0 Å². The molecule has 0 unspecified atom stereocenters. The van der Waals surface area contributed by atoms with Crippen LogP contribution in [0.15, 0.2) is 24.3 Å². The van der Waals surface area contributed by atoms with Gasteiger partial charge in [-0.2, -0.15) is 18.2 Å². The van der Waals surface area contributed by atoms with Crippen molar-refractivity contribution in [1.82, 2.24) is 0 Å². The van der Waals surface area contributed by atoms with Gasteiger partial charge in [0.15, 0.2) is 0 Å². The zero-order valence-corrected chi connectivity index (χ0v) is 12.2. The van der Waals surface area contributed by atoms with E-state index in [0.717, 1.165) is 0 Å². The fourth-order valence-corrected chi connectivity index (χ4v) is 0.700. The molecule has 0 aromatic heterocycles. The summed E-state index contributed by atoms with van der Waals surface area (Å²) in [6.45, 7) is 5.47. The van der Waals surface area contributed by atoms with Crippen LogP contribution in [0.3, 0.4) is 0 Å². The molecule has 0 N–H and O–H groups in total. The standard InChI is InChI=1S/C11H13O2.BrH.Mg/c1-11(2,3)10(12)13-9-7-5-4-6-8-9;;/h5-8H,1-3H3;1H;/q-1;;+2/p-1. The molecule has 0 aliphatic heterocycles. The van der Waals surface area contributed by atoms with Crippen LogP contribution in [0.2, 0.25) is 0 Å². The Balaban J connectivity index is 0. The fraction of sp³-hybridized carbons (Fsp3) is 0.364. The number of halogens is 1. The monoisotopic (exact) mass is 280 g/mol. The summed E-state index contributed by atoms with van der Waals surface area (Å²) in [6.07, 6.45) is 0. The van der Waals surface area contributed by atoms with Gasteiger partial charge in [-0.15, -0.1) is 12.1 Å². The van der Waals surface area contributed by atoms with Crippen molar-refractivity contribution in [2.45, 2.75) is 20.8 Å². The van der Waals surface area contributed by atoms with E-state index in [-0.39, 0.29) is 46.0 Å². The predicted molar refractivity (Wildman–Crippen MR) is 56.1 cm³/mol. The predicted octanol–water partition coefficient (Wildman–Crippen LogP) is -0.939. The smallest absolute Gasteiger partial charge is 1.00 e. The third kappa shape index (κ3) is 6.17. The van der Waals surface area contributed by atoms with Gasteiger partial charge in [0.1, 0.15) is 0 Å². The SMILES string of the molecule is CC(C)(C)C(=O)Oc1cc[c-]cc1.[Br-].[Mg+2]. The Morgan fingerprint density at radius 1 is 1.27 bits per heavy atom. The van der Waals surface area contributed by atoms with Gasteiger partial charge in [-0.1, -0.05) is 0 Å².